The number of benzene rings is 2. The Hall–Kier alpha value is -2.09. The number of fused-ring (bicyclic) bond motifs is 1. The van der Waals surface area contributed by atoms with Crippen LogP contribution in [0, 0.1) is 0 Å². The van der Waals surface area contributed by atoms with Crippen molar-refractivity contribution in [3.63, 3.8) is 0 Å². The van der Waals surface area contributed by atoms with E-state index in [4.69, 9.17) is 9.47 Å². The summed E-state index contributed by atoms with van der Waals surface area (Å²) in [5.41, 5.74) is 3.38. The molecule has 0 saturated heterocycles. The van der Waals surface area contributed by atoms with Gasteiger partial charge >= 0.3 is 0 Å². The lowest BCUT2D eigenvalue weighted by Gasteiger charge is -2.14. The Balaban J connectivity index is 1.84. The van der Waals surface area contributed by atoms with Crippen LogP contribution >= 0.6 is 0 Å². The van der Waals surface area contributed by atoms with Crippen LogP contribution < -0.4 is 19.5 Å². The number of hydrogen-bond acceptors (Lipinski definition) is 5. The van der Waals surface area contributed by atoms with E-state index < -0.39 is 10.0 Å². The van der Waals surface area contributed by atoms with Crippen molar-refractivity contribution in [1.82, 2.24) is 10.0 Å². The molecule has 2 aromatic rings. The van der Waals surface area contributed by atoms with Gasteiger partial charge in [-0.15, -0.1) is 0 Å². The second-order valence-electron chi connectivity index (χ2n) is 5.52. The highest BCUT2D eigenvalue weighted by Gasteiger charge is 2.24. The summed E-state index contributed by atoms with van der Waals surface area (Å²) in [7, 11) is -0.910. The van der Waals surface area contributed by atoms with E-state index in [2.05, 4.69) is 10.0 Å². The summed E-state index contributed by atoms with van der Waals surface area (Å²) in [6.45, 7) is 1.88. The number of ether oxygens (including phenoxy) is 2. The van der Waals surface area contributed by atoms with Crippen LogP contribution in [0.25, 0.3) is 0 Å². The Morgan fingerprint density at radius 3 is 2.38 bits per heavy atom. The minimum Gasteiger partial charge on any atom is -0.495 e. The van der Waals surface area contributed by atoms with E-state index in [9.17, 15) is 8.42 Å². The highest BCUT2D eigenvalue weighted by molar-refractivity contribution is 7.89. The van der Waals surface area contributed by atoms with Crippen LogP contribution in [0.15, 0.2) is 41.3 Å². The molecule has 3 rings (SSSR count). The summed E-state index contributed by atoms with van der Waals surface area (Å²) < 4.78 is 38.4. The van der Waals surface area contributed by atoms with Gasteiger partial charge < -0.3 is 14.8 Å². The Kier molecular flexibility index (Phi) is 4.75. The van der Waals surface area contributed by atoms with E-state index in [1.807, 2.05) is 18.2 Å². The molecule has 1 heterocycles. The predicted molar refractivity (Wildman–Crippen MR) is 90.6 cm³/mol. The SMILES string of the molecule is COc1cccc(OC)c1S(=O)(=O)NCc1ccc2c(c1)CNC2. The topological polar surface area (TPSA) is 76.7 Å². The van der Waals surface area contributed by atoms with Crippen molar-refractivity contribution >= 4 is 10.0 Å². The number of methoxy groups -OCH3 is 2. The predicted octanol–water partition coefficient (Wildman–Crippen LogP) is 1.79. The molecule has 0 bridgehead atoms. The number of hydrogen-bond donors (Lipinski definition) is 2. The Morgan fingerprint density at radius 2 is 1.71 bits per heavy atom. The van der Waals surface area contributed by atoms with Crippen LogP contribution in [-0.4, -0.2) is 22.6 Å². The maximum Gasteiger partial charge on any atom is 0.248 e. The van der Waals surface area contributed by atoms with Crippen molar-refractivity contribution in [3.05, 3.63) is 53.1 Å². The standard InChI is InChI=1S/C17H20N2O4S/c1-22-15-4-3-5-16(23-2)17(15)24(20,21)19-9-12-6-7-13-10-18-11-14(13)8-12/h3-8,18-19H,9-11H2,1-2H3. The summed E-state index contributed by atoms with van der Waals surface area (Å²) in [5.74, 6) is 0.500. The first kappa shape index (κ1) is 16.8. The van der Waals surface area contributed by atoms with Crippen molar-refractivity contribution in [1.29, 1.82) is 0 Å². The number of sulfonamides is 1. The van der Waals surface area contributed by atoms with Crippen LogP contribution in [0.5, 0.6) is 11.5 Å². The average molecular weight is 348 g/mol. The van der Waals surface area contributed by atoms with Gasteiger partial charge in [0.2, 0.25) is 10.0 Å². The zero-order valence-electron chi connectivity index (χ0n) is 13.6. The first-order valence-electron chi connectivity index (χ1n) is 7.57. The molecule has 0 aliphatic carbocycles. The van der Waals surface area contributed by atoms with Gasteiger partial charge in [0.05, 0.1) is 14.2 Å². The summed E-state index contributed by atoms with van der Waals surface area (Å²) in [6.07, 6.45) is 0. The van der Waals surface area contributed by atoms with Crippen molar-refractivity contribution in [3.8, 4) is 11.5 Å². The molecule has 0 radical (unpaired) electrons. The Morgan fingerprint density at radius 1 is 1.04 bits per heavy atom. The summed E-state index contributed by atoms with van der Waals surface area (Å²) in [4.78, 5) is 0.0119. The number of nitrogens with one attached hydrogen (secondary N) is 2. The first-order valence-corrected chi connectivity index (χ1v) is 9.05. The largest absolute Gasteiger partial charge is 0.495 e. The Bertz CT molecular complexity index is 827. The van der Waals surface area contributed by atoms with E-state index in [-0.39, 0.29) is 22.9 Å². The molecule has 0 spiro atoms. The van der Waals surface area contributed by atoms with Gasteiger partial charge in [-0.25, -0.2) is 13.1 Å². The van der Waals surface area contributed by atoms with Crippen molar-refractivity contribution in [2.75, 3.05) is 14.2 Å². The zero-order chi connectivity index (χ0) is 17.2. The van der Waals surface area contributed by atoms with Gasteiger partial charge in [-0.2, -0.15) is 0 Å². The lowest BCUT2D eigenvalue weighted by atomic mass is 10.1. The Labute approximate surface area is 141 Å². The van der Waals surface area contributed by atoms with E-state index in [0.29, 0.717) is 0 Å². The van der Waals surface area contributed by atoms with Crippen molar-refractivity contribution in [2.24, 2.45) is 0 Å². The highest BCUT2D eigenvalue weighted by atomic mass is 32.2. The normalized spacial score (nSPS) is 13.6. The quantitative estimate of drug-likeness (QED) is 0.832. The molecule has 1 aliphatic heterocycles. The number of rotatable bonds is 6. The third kappa shape index (κ3) is 3.24. The molecular formula is C17H20N2O4S. The molecule has 0 aromatic heterocycles. The van der Waals surface area contributed by atoms with E-state index in [0.717, 1.165) is 18.7 Å². The summed E-state index contributed by atoms with van der Waals surface area (Å²) in [6, 6.07) is 10.9. The van der Waals surface area contributed by atoms with Crippen LogP contribution in [-0.2, 0) is 29.7 Å². The first-order chi connectivity index (χ1) is 11.5. The van der Waals surface area contributed by atoms with E-state index in [1.54, 1.807) is 18.2 Å². The minimum absolute atomic E-state index is 0.0119. The monoisotopic (exact) mass is 348 g/mol. The third-order valence-corrected chi connectivity index (χ3v) is 5.48. The molecule has 128 valence electrons. The lowest BCUT2D eigenvalue weighted by Crippen LogP contribution is -2.24. The van der Waals surface area contributed by atoms with Gasteiger partial charge in [0.1, 0.15) is 11.5 Å². The second kappa shape index (κ2) is 6.80. The molecule has 0 amide bonds. The molecule has 6 nitrogen and oxygen atoms in total. The van der Waals surface area contributed by atoms with Gasteiger partial charge in [0.15, 0.2) is 4.90 Å². The van der Waals surface area contributed by atoms with Crippen LogP contribution in [0.1, 0.15) is 16.7 Å². The van der Waals surface area contributed by atoms with Gasteiger partial charge in [0.25, 0.3) is 0 Å². The maximum atomic E-state index is 12.7. The molecule has 1 aliphatic rings. The zero-order valence-corrected chi connectivity index (χ0v) is 14.4. The molecular weight excluding hydrogens is 328 g/mol. The molecule has 0 saturated carbocycles. The van der Waals surface area contributed by atoms with Gasteiger partial charge in [-0.05, 0) is 28.8 Å². The van der Waals surface area contributed by atoms with Crippen LogP contribution in [0.4, 0.5) is 0 Å². The van der Waals surface area contributed by atoms with Crippen molar-refractivity contribution < 1.29 is 17.9 Å². The lowest BCUT2D eigenvalue weighted by molar-refractivity contribution is 0.373. The summed E-state index contributed by atoms with van der Waals surface area (Å²) >= 11 is 0. The van der Waals surface area contributed by atoms with E-state index >= 15 is 0 Å². The highest BCUT2D eigenvalue weighted by Crippen LogP contribution is 2.32. The van der Waals surface area contributed by atoms with Gasteiger partial charge in [-0.1, -0.05) is 24.3 Å². The second-order valence-corrected chi connectivity index (χ2v) is 7.23. The van der Waals surface area contributed by atoms with E-state index in [1.165, 1.54) is 25.3 Å². The van der Waals surface area contributed by atoms with Crippen LogP contribution in [0.2, 0.25) is 0 Å². The van der Waals surface area contributed by atoms with Crippen LogP contribution in [0.3, 0.4) is 0 Å². The fraction of sp³-hybridized carbons (Fsp3) is 0.294. The van der Waals surface area contributed by atoms with Crippen molar-refractivity contribution in [2.45, 2.75) is 24.5 Å². The molecule has 0 unspecified atom stereocenters. The molecule has 24 heavy (non-hydrogen) atoms. The maximum absolute atomic E-state index is 12.7. The summed E-state index contributed by atoms with van der Waals surface area (Å²) in [5, 5.41) is 3.27. The fourth-order valence-electron chi connectivity index (χ4n) is 2.79. The smallest absolute Gasteiger partial charge is 0.248 e. The fourth-order valence-corrected chi connectivity index (χ4v) is 4.12. The minimum atomic E-state index is -3.77. The molecule has 2 aromatic carbocycles. The van der Waals surface area contributed by atoms with Gasteiger partial charge in [0, 0.05) is 19.6 Å². The van der Waals surface area contributed by atoms with Gasteiger partial charge in [-0.3, -0.25) is 0 Å². The molecule has 2 N–H and O–H groups in total. The molecule has 0 fully saturated rings. The molecule has 0 atom stereocenters. The molecule has 7 heteroatoms. The average Bonchev–Trinajstić information content (AvgIpc) is 3.07. The third-order valence-electron chi connectivity index (χ3n) is 4.02.